The summed E-state index contributed by atoms with van der Waals surface area (Å²) in [6.07, 6.45) is 3.79. The number of nitriles is 1. The molecule has 0 aliphatic carbocycles. The second-order valence-corrected chi connectivity index (χ2v) is 10.8. The molecule has 4 rings (SSSR count). The van der Waals surface area contributed by atoms with Gasteiger partial charge in [-0.1, -0.05) is 42.2 Å². The Morgan fingerprint density at radius 1 is 1.20 bits per heavy atom. The van der Waals surface area contributed by atoms with E-state index in [1.807, 2.05) is 54.8 Å². The second-order valence-electron chi connectivity index (χ2n) is 7.35. The summed E-state index contributed by atoms with van der Waals surface area (Å²) in [5, 5.41) is 8.95. The van der Waals surface area contributed by atoms with E-state index in [9.17, 15) is 4.79 Å². The molecule has 3 aromatic carbocycles. The smallest absolute Gasteiger partial charge is 0.270 e. The topological polar surface area (TPSA) is 62.6 Å². The van der Waals surface area contributed by atoms with Gasteiger partial charge in [0.15, 0.2) is 15.8 Å². The zero-order chi connectivity index (χ0) is 24.9. The van der Waals surface area contributed by atoms with E-state index >= 15 is 0 Å². The number of nitrogens with zero attached hydrogens (tertiary/aromatic N) is 2. The molecule has 35 heavy (non-hydrogen) atoms. The van der Waals surface area contributed by atoms with Gasteiger partial charge < -0.3 is 9.47 Å². The highest BCUT2D eigenvalue weighted by atomic mass is 79.9. The lowest BCUT2D eigenvalue weighted by Crippen LogP contribution is -2.27. The Bertz CT molecular complexity index is 1370. The first kappa shape index (κ1) is 25.3. The lowest BCUT2D eigenvalue weighted by molar-refractivity contribution is -0.113. The van der Waals surface area contributed by atoms with Gasteiger partial charge in [0.25, 0.3) is 5.91 Å². The normalized spacial score (nSPS) is 14.3. The minimum Gasteiger partial charge on any atom is -0.493 e. The molecule has 0 bridgehead atoms. The van der Waals surface area contributed by atoms with Crippen molar-refractivity contribution in [2.75, 3.05) is 18.3 Å². The first-order valence-corrected chi connectivity index (χ1v) is 13.6. The molecule has 0 spiro atoms. The first-order chi connectivity index (χ1) is 16.9. The van der Waals surface area contributed by atoms with Crippen LogP contribution in [0, 0.1) is 11.3 Å². The zero-order valence-electron chi connectivity index (χ0n) is 18.8. The molecule has 5 nitrogen and oxygen atoms in total. The highest BCUT2D eigenvalue weighted by Gasteiger charge is 2.33. The molecule has 9 heteroatoms. The summed E-state index contributed by atoms with van der Waals surface area (Å²) in [6.45, 7) is 0.313. The van der Waals surface area contributed by atoms with Gasteiger partial charge in [-0.05, 0) is 81.9 Å². The summed E-state index contributed by atoms with van der Waals surface area (Å²) in [7, 11) is 1.57. The fourth-order valence-corrected chi connectivity index (χ4v) is 5.71. The molecule has 3 aromatic rings. The van der Waals surface area contributed by atoms with Crippen molar-refractivity contribution in [3.63, 3.8) is 0 Å². The number of rotatable bonds is 7. The molecule has 1 amide bonds. The first-order valence-electron chi connectivity index (χ1n) is 10.3. The number of thioether (sulfide) groups is 2. The molecular weight excluding hydrogens is 564 g/mol. The molecule has 1 saturated heterocycles. The van der Waals surface area contributed by atoms with Crippen molar-refractivity contribution in [2.45, 2.75) is 11.5 Å². The average Bonchev–Trinajstić information content (AvgIpc) is 3.15. The summed E-state index contributed by atoms with van der Waals surface area (Å²) in [4.78, 5) is 16.3. The van der Waals surface area contributed by atoms with Gasteiger partial charge in [-0.3, -0.25) is 9.69 Å². The van der Waals surface area contributed by atoms with E-state index in [-0.39, 0.29) is 5.91 Å². The molecule has 0 atom stereocenters. The van der Waals surface area contributed by atoms with Gasteiger partial charge in [-0.15, -0.1) is 11.8 Å². The third-order valence-electron chi connectivity index (χ3n) is 5.12. The van der Waals surface area contributed by atoms with Gasteiger partial charge in [-0.25, -0.2) is 0 Å². The maximum atomic E-state index is 13.2. The zero-order valence-corrected chi connectivity index (χ0v) is 22.8. The molecule has 1 heterocycles. The van der Waals surface area contributed by atoms with Crippen LogP contribution in [-0.2, 0) is 11.4 Å². The number of carbonyl (C=O) groups excluding carboxylic acids is 1. The van der Waals surface area contributed by atoms with Crippen LogP contribution in [0.4, 0.5) is 5.69 Å². The van der Waals surface area contributed by atoms with Crippen LogP contribution in [0.5, 0.6) is 11.5 Å². The van der Waals surface area contributed by atoms with Crippen molar-refractivity contribution in [2.24, 2.45) is 0 Å². The minimum atomic E-state index is -0.158. The number of benzene rings is 3. The van der Waals surface area contributed by atoms with Crippen molar-refractivity contribution in [3.8, 4) is 17.6 Å². The van der Waals surface area contributed by atoms with Crippen molar-refractivity contribution >= 4 is 73.7 Å². The Kier molecular flexibility index (Phi) is 8.19. The highest BCUT2D eigenvalue weighted by Crippen LogP contribution is 2.40. The second kappa shape index (κ2) is 11.3. The fourth-order valence-electron chi connectivity index (χ4n) is 3.39. The number of anilines is 1. The lowest BCUT2D eigenvalue weighted by atomic mass is 10.1. The van der Waals surface area contributed by atoms with Gasteiger partial charge in [0.1, 0.15) is 6.61 Å². The third kappa shape index (κ3) is 5.73. The Morgan fingerprint density at radius 3 is 2.66 bits per heavy atom. The maximum absolute atomic E-state index is 13.2. The number of carbonyl (C=O) groups is 1. The fraction of sp³-hybridized carbons (Fsp3) is 0.115. The van der Waals surface area contributed by atoms with Crippen LogP contribution in [-0.4, -0.2) is 23.6 Å². The van der Waals surface area contributed by atoms with E-state index < -0.39 is 0 Å². The third-order valence-corrected chi connectivity index (χ3v) is 7.74. The van der Waals surface area contributed by atoms with Crippen LogP contribution in [0.15, 0.2) is 74.9 Å². The SMILES string of the molecule is COc1cc(/C=C2/SC(=S)N(c3cccc(SC)c3)C2=O)cc(Br)c1OCc1ccc(C#N)cc1. The van der Waals surface area contributed by atoms with Gasteiger partial charge in [0.05, 0.1) is 33.8 Å². The van der Waals surface area contributed by atoms with Crippen molar-refractivity contribution in [1.29, 1.82) is 5.26 Å². The van der Waals surface area contributed by atoms with Crippen molar-refractivity contribution < 1.29 is 14.3 Å². The van der Waals surface area contributed by atoms with Gasteiger partial charge in [0, 0.05) is 4.90 Å². The van der Waals surface area contributed by atoms with Crippen LogP contribution in [0.2, 0.25) is 0 Å². The Morgan fingerprint density at radius 2 is 1.97 bits per heavy atom. The molecule has 1 aliphatic heterocycles. The summed E-state index contributed by atoms with van der Waals surface area (Å²) < 4.78 is 12.8. The monoisotopic (exact) mass is 582 g/mol. The summed E-state index contributed by atoms with van der Waals surface area (Å²) >= 11 is 12.0. The number of ether oxygens (including phenoxy) is 2. The van der Waals surface area contributed by atoms with E-state index in [1.165, 1.54) is 11.8 Å². The van der Waals surface area contributed by atoms with Crippen LogP contribution in [0.1, 0.15) is 16.7 Å². The van der Waals surface area contributed by atoms with Gasteiger partial charge >= 0.3 is 0 Å². The van der Waals surface area contributed by atoms with Crippen LogP contribution < -0.4 is 14.4 Å². The molecule has 0 N–H and O–H groups in total. The molecule has 1 aliphatic rings. The quantitative estimate of drug-likeness (QED) is 0.168. The number of methoxy groups -OCH3 is 1. The van der Waals surface area contributed by atoms with E-state index in [2.05, 4.69) is 22.0 Å². The van der Waals surface area contributed by atoms with Crippen LogP contribution >= 0.6 is 51.7 Å². The predicted octanol–water partition coefficient (Wildman–Crippen LogP) is 7.04. The maximum Gasteiger partial charge on any atom is 0.270 e. The lowest BCUT2D eigenvalue weighted by Gasteiger charge is -2.15. The standard InChI is InChI=1S/C26H19BrN2O3S3/c1-31-22-11-18(10-21(27)24(22)32-15-17-8-6-16(14-28)7-9-17)12-23-25(30)29(26(33)35-23)19-4-3-5-20(13-19)34-2/h3-13H,15H2,1-2H3/b23-12+. The minimum absolute atomic E-state index is 0.158. The number of amides is 1. The Hall–Kier alpha value is -2.77. The molecule has 0 saturated carbocycles. The Labute approximate surface area is 226 Å². The van der Waals surface area contributed by atoms with Gasteiger partial charge in [0.2, 0.25) is 0 Å². The summed E-state index contributed by atoms with van der Waals surface area (Å²) in [6, 6.07) is 20.8. The number of thiocarbonyl (C=S) groups is 1. The molecule has 0 unspecified atom stereocenters. The molecular formula is C26H19BrN2O3S3. The highest BCUT2D eigenvalue weighted by molar-refractivity contribution is 9.10. The molecule has 0 radical (unpaired) electrons. The van der Waals surface area contributed by atoms with Crippen molar-refractivity contribution in [1.82, 2.24) is 0 Å². The molecule has 176 valence electrons. The van der Waals surface area contributed by atoms with E-state index in [4.69, 9.17) is 27.0 Å². The van der Waals surface area contributed by atoms with Crippen molar-refractivity contribution in [3.05, 3.63) is 86.7 Å². The summed E-state index contributed by atoms with van der Waals surface area (Å²) in [5.41, 5.74) is 3.06. The van der Waals surface area contributed by atoms with Crippen LogP contribution in [0.3, 0.4) is 0 Å². The molecule has 1 fully saturated rings. The van der Waals surface area contributed by atoms with E-state index in [0.29, 0.717) is 37.4 Å². The van der Waals surface area contributed by atoms with E-state index in [1.54, 1.807) is 42.0 Å². The predicted molar refractivity (Wildman–Crippen MR) is 150 cm³/mol. The Balaban J connectivity index is 1.56. The summed E-state index contributed by atoms with van der Waals surface area (Å²) in [5.74, 6) is 0.923. The number of halogens is 1. The molecule has 0 aromatic heterocycles. The van der Waals surface area contributed by atoms with E-state index in [0.717, 1.165) is 21.7 Å². The number of hydrogen-bond donors (Lipinski definition) is 0. The largest absolute Gasteiger partial charge is 0.493 e. The van der Waals surface area contributed by atoms with Crippen LogP contribution in [0.25, 0.3) is 6.08 Å². The van der Waals surface area contributed by atoms with Gasteiger partial charge in [-0.2, -0.15) is 5.26 Å². The average molecular weight is 584 g/mol. The number of hydrogen-bond acceptors (Lipinski definition) is 7.